The van der Waals surface area contributed by atoms with E-state index in [0.29, 0.717) is 24.9 Å². The summed E-state index contributed by atoms with van der Waals surface area (Å²) in [6, 6.07) is 8.40. The fraction of sp³-hybridized carbons (Fsp3) is 0.435. The van der Waals surface area contributed by atoms with Crippen molar-refractivity contribution < 1.29 is 14.3 Å². The fourth-order valence-electron chi connectivity index (χ4n) is 3.68. The van der Waals surface area contributed by atoms with Crippen LogP contribution in [0.25, 0.3) is 10.6 Å². The molecule has 1 saturated heterocycles. The van der Waals surface area contributed by atoms with Gasteiger partial charge >= 0.3 is 0 Å². The maximum absolute atomic E-state index is 12.5. The molecule has 0 radical (unpaired) electrons. The maximum Gasteiger partial charge on any atom is 0.271 e. The number of thiazole rings is 1. The Labute approximate surface area is 192 Å². The summed E-state index contributed by atoms with van der Waals surface area (Å²) in [5.41, 5.74) is 2.30. The summed E-state index contributed by atoms with van der Waals surface area (Å²) < 4.78 is 13.1. The number of ether oxygens (including phenoxy) is 2. The highest BCUT2D eigenvalue weighted by molar-refractivity contribution is 7.13. The number of rotatable bonds is 9. The van der Waals surface area contributed by atoms with Crippen molar-refractivity contribution in [2.24, 2.45) is 7.05 Å². The van der Waals surface area contributed by atoms with Gasteiger partial charge < -0.3 is 14.8 Å². The van der Waals surface area contributed by atoms with Crippen LogP contribution in [0.2, 0.25) is 0 Å². The average Bonchev–Trinajstić information content (AvgIpc) is 3.47. The number of benzene rings is 1. The normalized spacial score (nSPS) is 14.6. The van der Waals surface area contributed by atoms with Gasteiger partial charge in [-0.25, -0.2) is 4.98 Å². The highest BCUT2D eigenvalue weighted by atomic mass is 32.1. The van der Waals surface area contributed by atoms with Crippen molar-refractivity contribution in [3.63, 3.8) is 0 Å². The molecule has 170 valence electrons. The Morgan fingerprint density at radius 1 is 1.38 bits per heavy atom. The third-order valence-electron chi connectivity index (χ3n) is 5.57. The fourth-order valence-corrected chi connectivity index (χ4v) is 4.45. The number of carbonyl (C=O) groups excluding carboxylic acids is 1. The van der Waals surface area contributed by atoms with Gasteiger partial charge in [0, 0.05) is 56.5 Å². The molecule has 1 fully saturated rings. The van der Waals surface area contributed by atoms with Crippen LogP contribution in [0.3, 0.4) is 0 Å². The summed E-state index contributed by atoms with van der Waals surface area (Å²) in [5.74, 6) is 0.616. The quantitative estimate of drug-likeness (QED) is 0.534. The summed E-state index contributed by atoms with van der Waals surface area (Å²) >= 11 is 1.43. The zero-order valence-electron chi connectivity index (χ0n) is 18.5. The number of carbonyl (C=O) groups is 1. The molecular weight excluding hydrogens is 426 g/mol. The molecule has 0 unspecified atom stereocenters. The van der Waals surface area contributed by atoms with E-state index in [-0.39, 0.29) is 5.91 Å². The highest BCUT2D eigenvalue weighted by Gasteiger charge is 2.18. The molecule has 1 amide bonds. The lowest BCUT2D eigenvalue weighted by atomic mass is 10.1. The first-order valence-electron chi connectivity index (χ1n) is 10.8. The SMILES string of the molecule is CN(CCOc1cccc(CNC(=O)c2csc(-c3cnn(C)c3)n2)c1)C1CCOCC1. The summed E-state index contributed by atoms with van der Waals surface area (Å²) in [6.45, 7) is 3.59. The summed E-state index contributed by atoms with van der Waals surface area (Å²) in [5, 5.41) is 9.64. The lowest BCUT2D eigenvalue weighted by Crippen LogP contribution is -2.38. The smallest absolute Gasteiger partial charge is 0.271 e. The van der Waals surface area contributed by atoms with Gasteiger partial charge in [-0.05, 0) is 37.6 Å². The molecule has 0 saturated carbocycles. The summed E-state index contributed by atoms with van der Waals surface area (Å²) in [4.78, 5) is 19.3. The Bertz CT molecular complexity index is 1030. The highest BCUT2D eigenvalue weighted by Crippen LogP contribution is 2.23. The molecule has 0 spiro atoms. The molecule has 32 heavy (non-hydrogen) atoms. The molecule has 0 aliphatic carbocycles. The van der Waals surface area contributed by atoms with Crippen molar-refractivity contribution in [1.29, 1.82) is 0 Å². The van der Waals surface area contributed by atoms with Crippen molar-refractivity contribution in [1.82, 2.24) is 25.0 Å². The second kappa shape index (κ2) is 10.7. The van der Waals surface area contributed by atoms with Gasteiger partial charge in [0.1, 0.15) is 23.1 Å². The van der Waals surface area contributed by atoms with Crippen LogP contribution in [0.15, 0.2) is 42.0 Å². The van der Waals surface area contributed by atoms with Crippen molar-refractivity contribution >= 4 is 17.2 Å². The number of hydrogen-bond donors (Lipinski definition) is 1. The molecule has 1 aliphatic heterocycles. The van der Waals surface area contributed by atoms with Crippen LogP contribution in [0.4, 0.5) is 0 Å². The Hall–Kier alpha value is -2.75. The molecule has 0 bridgehead atoms. The first-order valence-corrected chi connectivity index (χ1v) is 11.7. The minimum Gasteiger partial charge on any atom is -0.492 e. The van der Waals surface area contributed by atoms with Crippen LogP contribution in [0.5, 0.6) is 5.75 Å². The second-order valence-corrected chi connectivity index (χ2v) is 8.80. The topological polar surface area (TPSA) is 81.5 Å². The summed E-state index contributed by atoms with van der Waals surface area (Å²) in [7, 11) is 4.00. The monoisotopic (exact) mass is 455 g/mol. The van der Waals surface area contributed by atoms with Gasteiger partial charge in [-0.1, -0.05) is 12.1 Å². The minimum absolute atomic E-state index is 0.194. The number of likely N-dealkylation sites (N-methyl/N-ethyl adjacent to an activating group) is 1. The second-order valence-electron chi connectivity index (χ2n) is 7.94. The standard InChI is InChI=1S/C23H29N5O3S/c1-27(19-6-9-30-10-7-19)8-11-31-20-5-3-4-17(12-20)13-24-22(29)21-16-32-23(26-21)18-14-25-28(2)15-18/h3-5,12,14-16,19H,6-11,13H2,1-2H3,(H,24,29). The zero-order chi connectivity index (χ0) is 22.3. The molecule has 8 nitrogen and oxygen atoms in total. The van der Waals surface area contributed by atoms with Crippen LogP contribution in [-0.4, -0.2) is 65.0 Å². The van der Waals surface area contributed by atoms with Gasteiger partial charge in [0.05, 0.1) is 6.20 Å². The van der Waals surface area contributed by atoms with Crippen molar-refractivity contribution in [2.45, 2.75) is 25.4 Å². The molecule has 2 aromatic heterocycles. The number of amides is 1. The zero-order valence-corrected chi connectivity index (χ0v) is 19.3. The van der Waals surface area contributed by atoms with Gasteiger partial charge in [0.15, 0.2) is 0 Å². The number of nitrogens with one attached hydrogen (secondary N) is 1. The van der Waals surface area contributed by atoms with Crippen LogP contribution in [-0.2, 0) is 18.3 Å². The van der Waals surface area contributed by atoms with E-state index in [1.807, 2.05) is 37.5 Å². The van der Waals surface area contributed by atoms with Crippen molar-refractivity contribution in [3.05, 3.63) is 53.3 Å². The lowest BCUT2D eigenvalue weighted by Gasteiger charge is -2.31. The number of aromatic nitrogens is 3. The maximum atomic E-state index is 12.5. The first-order chi connectivity index (χ1) is 15.6. The molecule has 4 rings (SSSR count). The van der Waals surface area contributed by atoms with E-state index < -0.39 is 0 Å². The predicted octanol–water partition coefficient (Wildman–Crippen LogP) is 2.96. The lowest BCUT2D eigenvalue weighted by molar-refractivity contribution is 0.0392. The van der Waals surface area contributed by atoms with Gasteiger partial charge in [0.25, 0.3) is 5.91 Å². The predicted molar refractivity (Wildman–Crippen MR) is 124 cm³/mol. The Kier molecular flexibility index (Phi) is 7.51. The van der Waals surface area contributed by atoms with Gasteiger partial charge in [-0.2, -0.15) is 5.10 Å². The molecule has 3 aromatic rings. The molecule has 1 aliphatic rings. The minimum atomic E-state index is -0.194. The Morgan fingerprint density at radius 2 is 2.22 bits per heavy atom. The van der Waals surface area contributed by atoms with E-state index in [2.05, 4.69) is 27.3 Å². The van der Waals surface area contributed by atoms with Crippen LogP contribution in [0, 0.1) is 0 Å². The van der Waals surface area contributed by atoms with Crippen LogP contribution in [0.1, 0.15) is 28.9 Å². The molecule has 9 heteroatoms. The summed E-state index contributed by atoms with van der Waals surface area (Å²) in [6.07, 6.45) is 5.78. The average molecular weight is 456 g/mol. The third-order valence-corrected chi connectivity index (χ3v) is 6.46. The first kappa shape index (κ1) is 22.4. The molecule has 3 heterocycles. The van der Waals surface area contributed by atoms with E-state index in [1.165, 1.54) is 11.3 Å². The van der Waals surface area contributed by atoms with Crippen LogP contribution < -0.4 is 10.1 Å². The van der Waals surface area contributed by atoms with Crippen LogP contribution >= 0.6 is 11.3 Å². The number of aryl methyl sites for hydroxylation is 1. The molecule has 1 aromatic carbocycles. The van der Waals surface area contributed by atoms with Crippen molar-refractivity contribution in [3.8, 4) is 16.3 Å². The third kappa shape index (κ3) is 5.93. The van der Waals surface area contributed by atoms with E-state index in [1.54, 1.807) is 16.3 Å². The largest absolute Gasteiger partial charge is 0.492 e. The number of nitrogens with zero attached hydrogens (tertiary/aromatic N) is 4. The van der Waals surface area contributed by atoms with E-state index in [9.17, 15) is 4.79 Å². The Morgan fingerprint density at radius 3 is 3.00 bits per heavy atom. The van der Waals surface area contributed by atoms with Crippen molar-refractivity contribution in [2.75, 3.05) is 33.4 Å². The van der Waals surface area contributed by atoms with Gasteiger partial charge in [0.2, 0.25) is 0 Å². The van der Waals surface area contributed by atoms with E-state index >= 15 is 0 Å². The Balaban J connectivity index is 1.25. The molecule has 1 N–H and O–H groups in total. The molecular formula is C23H29N5O3S. The molecule has 0 atom stereocenters. The van der Waals surface area contributed by atoms with E-state index in [4.69, 9.17) is 9.47 Å². The van der Waals surface area contributed by atoms with E-state index in [0.717, 1.165) is 54.5 Å². The van der Waals surface area contributed by atoms with Gasteiger partial charge in [-0.15, -0.1) is 11.3 Å². The number of hydrogen-bond acceptors (Lipinski definition) is 7. The van der Waals surface area contributed by atoms with Gasteiger partial charge in [-0.3, -0.25) is 14.4 Å².